The van der Waals surface area contributed by atoms with Crippen molar-refractivity contribution in [3.8, 4) is 5.75 Å². The molecule has 1 aromatic rings. The molecule has 0 spiro atoms. The van der Waals surface area contributed by atoms with E-state index >= 15 is 0 Å². The number of non-ortho nitro benzene ring substituents is 1. The third-order valence-electron chi connectivity index (χ3n) is 5.10. The maximum atomic E-state index is 11.1. The Balaban J connectivity index is 0.00000208. The fourth-order valence-electron chi connectivity index (χ4n) is 3.95. The molecule has 24 heavy (non-hydrogen) atoms. The molecule has 1 saturated heterocycles. The molecule has 1 fully saturated rings. The number of aliphatic hydroxyl groups is 1. The van der Waals surface area contributed by atoms with Crippen LogP contribution in [0.4, 0.5) is 5.69 Å². The lowest BCUT2D eigenvalue weighted by Crippen LogP contribution is -2.54. The predicted octanol–water partition coefficient (Wildman–Crippen LogP) is 3.32. The molecule has 6 nitrogen and oxygen atoms in total. The number of aliphatic hydroxyl groups excluding tert-OH is 1. The largest absolute Gasteiger partial charge is 0.485 e. The van der Waals surface area contributed by atoms with Crippen LogP contribution in [0.3, 0.4) is 0 Å². The summed E-state index contributed by atoms with van der Waals surface area (Å²) in [6, 6.07) is 4.70. The van der Waals surface area contributed by atoms with Gasteiger partial charge in [-0.1, -0.05) is 6.92 Å². The Morgan fingerprint density at radius 1 is 1.38 bits per heavy atom. The second kappa shape index (κ2) is 6.50. The highest BCUT2D eigenvalue weighted by molar-refractivity contribution is 5.85. The average Bonchev–Trinajstić information content (AvgIpc) is 2.78. The summed E-state index contributed by atoms with van der Waals surface area (Å²) in [6.07, 6.45) is 0.319. The normalized spacial score (nSPS) is 31.7. The number of hydrogen-bond acceptors (Lipinski definition) is 5. The van der Waals surface area contributed by atoms with Crippen LogP contribution in [0.25, 0.3) is 0 Å². The molecule has 1 N–H and O–H groups in total. The van der Waals surface area contributed by atoms with E-state index in [0.717, 1.165) is 13.0 Å². The van der Waals surface area contributed by atoms with Crippen molar-refractivity contribution in [1.29, 1.82) is 0 Å². The van der Waals surface area contributed by atoms with Gasteiger partial charge >= 0.3 is 0 Å². The van der Waals surface area contributed by atoms with Gasteiger partial charge in [-0.05, 0) is 39.2 Å². The number of nitrogens with zero attached hydrogens (tertiary/aromatic N) is 2. The lowest BCUT2D eigenvalue weighted by Gasteiger charge is -2.46. The average molecular weight is 357 g/mol. The van der Waals surface area contributed by atoms with Crippen molar-refractivity contribution in [2.24, 2.45) is 5.92 Å². The molecule has 4 atom stereocenters. The zero-order valence-corrected chi connectivity index (χ0v) is 15.2. The monoisotopic (exact) mass is 356 g/mol. The number of hydrogen-bond donors (Lipinski definition) is 1. The summed E-state index contributed by atoms with van der Waals surface area (Å²) in [5.41, 5.74) is 0.00966. The minimum absolute atomic E-state index is 0. The Bertz CT molecular complexity index is 637. The summed E-state index contributed by atoms with van der Waals surface area (Å²) in [5.74, 6) is 1.17. The van der Waals surface area contributed by atoms with Crippen LogP contribution >= 0.6 is 12.4 Å². The van der Waals surface area contributed by atoms with E-state index < -0.39 is 16.6 Å². The van der Waals surface area contributed by atoms with Gasteiger partial charge in [0.25, 0.3) is 5.69 Å². The number of likely N-dealkylation sites (tertiary alicyclic amines) is 1. The van der Waals surface area contributed by atoms with Crippen LogP contribution in [0.2, 0.25) is 0 Å². The highest BCUT2D eigenvalue weighted by Crippen LogP contribution is 2.46. The molecule has 0 radical (unpaired) electrons. The van der Waals surface area contributed by atoms with E-state index in [1.54, 1.807) is 12.1 Å². The van der Waals surface area contributed by atoms with Crippen LogP contribution in [0.15, 0.2) is 18.2 Å². The van der Waals surface area contributed by atoms with Crippen molar-refractivity contribution >= 4 is 18.1 Å². The Labute approximate surface area is 148 Å². The van der Waals surface area contributed by atoms with Gasteiger partial charge in [0, 0.05) is 30.3 Å². The Hall–Kier alpha value is -1.37. The van der Waals surface area contributed by atoms with Crippen molar-refractivity contribution < 1.29 is 14.8 Å². The topological polar surface area (TPSA) is 75.8 Å². The first-order valence-corrected chi connectivity index (χ1v) is 8.12. The molecular weight excluding hydrogens is 332 g/mol. The molecule has 0 saturated carbocycles. The zero-order chi connectivity index (χ0) is 16.9. The van der Waals surface area contributed by atoms with Gasteiger partial charge in [0.05, 0.1) is 11.0 Å². The molecule has 0 aliphatic carbocycles. The molecular formula is C17H25ClN2O4. The van der Waals surface area contributed by atoms with Crippen LogP contribution in [0.5, 0.6) is 5.75 Å². The molecule has 2 aliphatic rings. The number of rotatable bonds is 2. The molecule has 2 unspecified atom stereocenters. The Kier molecular flexibility index (Phi) is 5.14. The maximum absolute atomic E-state index is 11.1. The second-order valence-corrected chi connectivity index (χ2v) is 7.46. The van der Waals surface area contributed by atoms with Crippen LogP contribution in [-0.2, 0) is 0 Å². The first-order chi connectivity index (χ1) is 10.7. The zero-order valence-electron chi connectivity index (χ0n) is 14.4. The molecule has 3 rings (SSSR count). The maximum Gasteiger partial charge on any atom is 0.270 e. The third-order valence-corrected chi connectivity index (χ3v) is 5.10. The molecule has 0 aromatic heterocycles. The molecule has 1 aromatic carbocycles. The van der Waals surface area contributed by atoms with Crippen molar-refractivity contribution in [3.05, 3.63) is 33.9 Å². The van der Waals surface area contributed by atoms with Crippen LogP contribution in [-0.4, -0.2) is 39.2 Å². The predicted molar refractivity (Wildman–Crippen MR) is 93.7 cm³/mol. The van der Waals surface area contributed by atoms with Gasteiger partial charge in [0.15, 0.2) is 0 Å². The smallest absolute Gasteiger partial charge is 0.270 e. The minimum Gasteiger partial charge on any atom is -0.485 e. The first-order valence-electron chi connectivity index (χ1n) is 8.12. The van der Waals surface area contributed by atoms with Crippen LogP contribution in [0, 0.1) is 16.0 Å². The highest BCUT2D eigenvalue weighted by atomic mass is 35.5. The summed E-state index contributed by atoms with van der Waals surface area (Å²) in [7, 11) is 0. The fraction of sp³-hybridized carbons (Fsp3) is 0.647. The lowest BCUT2D eigenvalue weighted by atomic mass is 9.85. The first kappa shape index (κ1) is 19.0. The van der Waals surface area contributed by atoms with E-state index in [0.29, 0.717) is 23.3 Å². The van der Waals surface area contributed by atoms with Gasteiger partial charge in [-0.15, -0.1) is 12.4 Å². The standard InChI is InChI=1S/C17H24N2O4.ClH/c1-10-7-11(2)18(9-10)15-13-8-12(19(21)22)5-6-14(13)23-17(3,4)16(15)20;/h5-6,8,10-11,15-16,20H,7,9H2,1-4H3;1H/t10-,11-,15?,16?;/m1./s1. The Morgan fingerprint density at radius 3 is 2.58 bits per heavy atom. The van der Waals surface area contributed by atoms with Gasteiger partial charge in [0.1, 0.15) is 17.5 Å². The molecule has 134 valence electrons. The number of nitro benzene ring substituents is 1. The van der Waals surface area contributed by atoms with E-state index in [1.165, 1.54) is 6.07 Å². The summed E-state index contributed by atoms with van der Waals surface area (Å²) < 4.78 is 5.92. The second-order valence-electron chi connectivity index (χ2n) is 7.46. The van der Waals surface area contributed by atoms with Gasteiger partial charge < -0.3 is 9.84 Å². The van der Waals surface area contributed by atoms with Gasteiger partial charge in [-0.3, -0.25) is 15.0 Å². The highest BCUT2D eigenvalue weighted by Gasteiger charge is 2.48. The van der Waals surface area contributed by atoms with Gasteiger partial charge in [-0.2, -0.15) is 0 Å². The van der Waals surface area contributed by atoms with E-state index in [9.17, 15) is 15.2 Å². The summed E-state index contributed by atoms with van der Waals surface area (Å²) >= 11 is 0. The van der Waals surface area contributed by atoms with E-state index in [2.05, 4.69) is 18.7 Å². The molecule has 2 aliphatic heterocycles. The van der Waals surface area contributed by atoms with E-state index in [1.807, 2.05) is 13.8 Å². The van der Waals surface area contributed by atoms with Gasteiger partial charge in [-0.25, -0.2) is 0 Å². The van der Waals surface area contributed by atoms with Crippen molar-refractivity contribution in [2.45, 2.75) is 57.9 Å². The number of halogens is 1. The van der Waals surface area contributed by atoms with E-state index in [-0.39, 0.29) is 24.1 Å². The number of ether oxygens (including phenoxy) is 1. The van der Waals surface area contributed by atoms with E-state index in [4.69, 9.17) is 4.74 Å². The van der Waals surface area contributed by atoms with Crippen LogP contribution < -0.4 is 4.74 Å². The Morgan fingerprint density at radius 2 is 2.04 bits per heavy atom. The number of nitro groups is 1. The summed E-state index contributed by atoms with van der Waals surface area (Å²) in [6.45, 7) is 8.94. The van der Waals surface area contributed by atoms with Crippen molar-refractivity contribution in [1.82, 2.24) is 4.90 Å². The lowest BCUT2D eigenvalue weighted by molar-refractivity contribution is -0.385. The quantitative estimate of drug-likeness (QED) is 0.649. The SMILES string of the molecule is C[C@@H]1C[C@@H](C)N(C2c3cc([N+](=O)[O-])ccc3OC(C)(C)C2O)C1.Cl. The molecule has 0 amide bonds. The summed E-state index contributed by atoms with van der Waals surface area (Å²) in [4.78, 5) is 13.0. The minimum atomic E-state index is -0.746. The third kappa shape index (κ3) is 3.10. The fourth-order valence-corrected chi connectivity index (χ4v) is 3.95. The van der Waals surface area contributed by atoms with Crippen molar-refractivity contribution in [2.75, 3.05) is 6.54 Å². The molecule has 2 heterocycles. The summed E-state index contributed by atoms with van der Waals surface area (Å²) in [5, 5.41) is 22.0. The molecule has 7 heteroatoms. The van der Waals surface area contributed by atoms with Crippen molar-refractivity contribution in [3.63, 3.8) is 0 Å². The number of fused-ring (bicyclic) bond motifs is 1. The number of benzene rings is 1. The van der Waals surface area contributed by atoms with Crippen LogP contribution in [0.1, 0.15) is 45.7 Å². The molecule has 0 bridgehead atoms. The van der Waals surface area contributed by atoms with Gasteiger partial charge in [0.2, 0.25) is 0 Å².